The third-order valence-electron chi connectivity index (χ3n) is 3.38. The van der Waals surface area contributed by atoms with Crippen LogP contribution < -0.4 is 10.1 Å². The molecule has 0 aliphatic heterocycles. The summed E-state index contributed by atoms with van der Waals surface area (Å²) in [5.41, 5.74) is 1.79. The van der Waals surface area contributed by atoms with Gasteiger partial charge in [-0.05, 0) is 54.4 Å². The van der Waals surface area contributed by atoms with Crippen molar-refractivity contribution >= 4 is 15.9 Å². The summed E-state index contributed by atoms with van der Waals surface area (Å²) in [7, 11) is 1.65. The maximum atomic E-state index is 14.0. The van der Waals surface area contributed by atoms with E-state index in [4.69, 9.17) is 4.74 Å². The summed E-state index contributed by atoms with van der Waals surface area (Å²) in [6.45, 7) is 2.86. The monoisotopic (exact) mass is 351 g/mol. The largest absolute Gasteiger partial charge is 0.497 e. The lowest BCUT2D eigenvalue weighted by Crippen LogP contribution is -2.23. The summed E-state index contributed by atoms with van der Waals surface area (Å²) >= 11 is 3.40. The minimum absolute atomic E-state index is 0.0499. The molecule has 0 fully saturated rings. The summed E-state index contributed by atoms with van der Waals surface area (Å²) < 4.78 is 20.1. The van der Waals surface area contributed by atoms with E-state index in [9.17, 15) is 4.39 Å². The van der Waals surface area contributed by atoms with E-state index in [0.717, 1.165) is 22.3 Å². The molecule has 2 nitrogen and oxygen atoms in total. The fourth-order valence-corrected chi connectivity index (χ4v) is 2.74. The lowest BCUT2D eigenvalue weighted by molar-refractivity contribution is 0.413. The van der Waals surface area contributed by atoms with Crippen molar-refractivity contribution in [3.8, 4) is 5.75 Å². The van der Waals surface area contributed by atoms with Crippen molar-refractivity contribution < 1.29 is 9.13 Å². The average Bonchev–Trinajstić information content (AvgIpc) is 2.50. The maximum absolute atomic E-state index is 14.0. The van der Waals surface area contributed by atoms with E-state index in [2.05, 4.69) is 21.2 Å². The zero-order valence-electron chi connectivity index (χ0n) is 12.2. The van der Waals surface area contributed by atoms with Gasteiger partial charge in [-0.15, -0.1) is 0 Å². The molecule has 0 saturated carbocycles. The molecule has 0 radical (unpaired) electrons. The number of hydrogen-bond donors (Lipinski definition) is 1. The molecule has 0 aromatic heterocycles. The molecule has 1 unspecified atom stereocenters. The second-order valence-corrected chi connectivity index (χ2v) is 5.74. The lowest BCUT2D eigenvalue weighted by Gasteiger charge is -2.19. The zero-order chi connectivity index (χ0) is 15.2. The van der Waals surface area contributed by atoms with Crippen molar-refractivity contribution in [3.05, 3.63) is 63.9 Å². The quantitative estimate of drug-likeness (QED) is 0.827. The van der Waals surface area contributed by atoms with Crippen LogP contribution in [0.1, 0.15) is 24.1 Å². The molecule has 0 aliphatic carbocycles. The molecule has 0 saturated heterocycles. The van der Waals surface area contributed by atoms with E-state index in [-0.39, 0.29) is 11.9 Å². The van der Waals surface area contributed by atoms with Crippen molar-refractivity contribution in [2.24, 2.45) is 0 Å². The molecule has 0 heterocycles. The molecule has 2 aromatic rings. The molecule has 112 valence electrons. The Bertz CT molecular complexity index is 603. The van der Waals surface area contributed by atoms with Gasteiger partial charge in [0.05, 0.1) is 7.11 Å². The van der Waals surface area contributed by atoms with Crippen molar-refractivity contribution in [2.45, 2.75) is 19.4 Å². The molecule has 0 amide bonds. The van der Waals surface area contributed by atoms with Crippen LogP contribution in [-0.4, -0.2) is 13.7 Å². The van der Waals surface area contributed by atoms with E-state index in [1.54, 1.807) is 13.2 Å². The Labute approximate surface area is 133 Å². The molecule has 0 aliphatic rings. The highest BCUT2D eigenvalue weighted by Crippen LogP contribution is 2.25. The number of ether oxygens (including phenoxy) is 1. The Morgan fingerprint density at radius 3 is 2.76 bits per heavy atom. The van der Waals surface area contributed by atoms with Gasteiger partial charge in [0, 0.05) is 10.5 Å². The summed E-state index contributed by atoms with van der Waals surface area (Å²) in [4.78, 5) is 0. The molecular weight excluding hydrogens is 333 g/mol. The standard InChI is InChI=1S/C17H19BrFNO/c1-3-20-17(12-5-4-6-15(10-12)21-2)11-13-9-14(18)7-8-16(13)19/h4-10,17,20H,3,11H2,1-2H3. The number of benzene rings is 2. The molecular formula is C17H19BrFNO. The molecule has 21 heavy (non-hydrogen) atoms. The van der Waals surface area contributed by atoms with Gasteiger partial charge in [0.2, 0.25) is 0 Å². The Morgan fingerprint density at radius 2 is 2.05 bits per heavy atom. The van der Waals surface area contributed by atoms with E-state index in [1.165, 1.54) is 6.07 Å². The average molecular weight is 352 g/mol. The van der Waals surface area contributed by atoms with Crippen LogP contribution in [0, 0.1) is 5.82 Å². The van der Waals surface area contributed by atoms with Gasteiger partial charge < -0.3 is 10.1 Å². The third kappa shape index (κ3) is 4.29. The van der Waals surface area contributed by atoms with E-state index < -0.39 is 0 Å². The second kappa shape index (κ2) is 7.57. The summed E-state index contributed by atoms with van der Waals surface area (Å²) in [6, 6.07) is 13.0. The fourth-order valence-electron chi connectivity index (χ4n) is 2.33. The second-order valence-electron chi connectivity index (χ2n) is 4.83. The van der Waals surface area contributed by atoms with Crippen LogP contribution in [0.3, 0.4) is 0 Å². The van der Waals surface area contributed by atoms with Crippen LogP contribution in [-0.2, 0) is 6.42 Å². The van der Waals surface area contributed by atoms with Crippen LogP contribution >= 0.6 is 15.9 Å². The highest BCUT2D eigenvalue weighted by molar-refractivity contribution is 9.10. The van der Waals surface area contributed by atoms with Crippen LogP contribution in [0.2, 0.25) is 0 Å². The number of likely N-dealkylation sites (N-methyl/N-ethyl adjacent to an activating group) is 1. The SMILES string of the molecule is CCNC(Cc1cc(Br)ccc1F)c1cccc(OC)c1. The third-order valence-corrected chi connectivity index (χ3v) is 3.87. The Balaban J connectivity index is 2.28. The number of rotatable bonds is 6. The molecule has 4 heteroatoms. The van der Waals surface area contributed by atoms with Crippen molar-refractivity contribution in [1.29, 1.82) is 0 Å². The first-order valence-electron chi connectivity index (χ1n) is 6.95. The van der Waals surface area contributed by atoms with Gasteiger partial charge in [-0.2, -0.15) is 0 Å². The predicted molar refractivity (Wildman–Crippen MR) is 87.2 cm³/mol. The number of hydrogen-bond acceptors (Lipinski definition) is 2. The smallest absolute Gasteiger partial charge is 0.126 e. The molecule has 0 bridgehead atoms. The predicted octanol–water partition coefficient (Wildman–Crippen LogP) is 4.49. The topological polar surface area (TPSA) is 21.3 Å². The van der Waals surface area contributed by atoms with Gasteiger partial charge >= 0.3 is 0 Å². The van der Waals surface area contributed by atoms with Crippen LogP contribution in [0.15, 0.2) is 46.9 Å². The first kappa shape index (κ1) is 16.0. The van der Waals surface area contributed by atoms with Crippen molar-refractivity contribution in [2.75, 3.05) is 13.7 Å². The van der Waals surface area contributed by atoms with E-state index in [1.807, 2.05) is 37.3 Å². The van der Waals surface area contributed by atoms with E-state index >= 15 is 0 Å². The first-order valence-corrected chi connectivity index (χ1v) is 7.74. The number of methoxy groups -OCH3 is 1. The van der Waals surface area contributed by atoms with Crippen LogP contribution in [0.5, 0.6) is 5.75 Å². The maximum Gasteiger partial charge on any atom is 0.126 e. The normalized spacial score (nSPS) is 12.2. The Kier molecular flexibility index (Phi) is 5.76. The van der Waals surface area contributed by atoms with Gasteiger partial charge in [0.25, 0.3) is 0 Å². The fraction of sp³-hybridized carbons (Fsp3) is 0.294. The summed E-state index contributed by atoms with van der Waals surface area (Å²) in [6.07, 6.45) is 0.590. The zero-order valence-corrected chi connectivity index (χ0v) is 13.8. The number of nitrogens with one attached hydrogen (secondary N) is 1. The van der Waals surface area contributed by atoms with Crippen molar-refractivity contribution in [1.82, 2.24) is 5.32 Å². The summed E-state index contributed by atoms with van der Waals surface area (Å²) in [5, 5.41) is 3.41. The molecule has 2 aromatic carbocycles. The van der Waals surface area contributed by atoms with Gasteiger partial charge in [-0.25, -0.2) is 4.39 Å². The van der Waals surface area contributed by atoms with E-state index in [0.29, 0.717) is 12.0 Å². The van der Waals surface area contributed by atoms with Gasteiger partial charge in [-0.1, -0.05) is 35.0 Å². The minimum Gasteiger partial charge on any atom is -0.497 e. The van der Waals surface area contributed by atoms with Crippen LogP contribution in [0.4, 0.5) is 4.39 Å². The Hall–Kier alpha value is -1.39. The summed E-state index contributed by atoms with van der Waals surface area (Å²) in [5.74, 6) is 0.633. The first-order chi connectivity index (χ1) is 10.1. The van der Waals surface area contributed by atoms with Gasteiger partial charge in [0.15, 0.2) is 0 Å². The van der Waals surface area contributed by atoms with Crippen molar-refractivity contribution in [3.63, 3.8) is 0 Å². The molecule has 0 spiro atoms. The molecule has 2 rings (SSSR count). The van der Waals surface area contributed by atoms with Gasteiger partial charge in [-0.3, -0.25) is 0 Å². The minimum atomic E-state index is -0.177. The highest BCUT2D eigenvalue weighted by atomic mass is 79.9. The Morgan fingerprint density at radius 1 is 1.24 bits per heavy atom. The number of halogens is 2. The molecule has 1 N–H and O–H groups in total. The van der Waals surface area contributed by atoms with Gasteiger partial charge in [0.1, 0.15) is 11.6 Å². The highest BCUT2D eigenvalue weighted by Gasteiger charge is 2.14. The lowest BCUT2D eigenvalue weighted by atomic mass is 9.98. The molecule has 1 atom stereocenters. The van der Waals surface area contributed by atoms with Crippen LogP contribution in [0.25, 0.3) is 0 Å².